The van der Waals surface area contributed by atoms with Crippen molar-refractivity contribution < 1.29 is 13.2 Å². The molecule has 0 heterocycles. The van der Waals surface area contributed by atoms with Crippen molar-refractivity contribution in [1.29, 1.82) is 0 Å². The average molecular weight is 294 g/mol. The van der Waals surface area contributed by atoms with Crippen LogP contribution >= 0.6 is 0 Å². The van der Waals surface area contributed by atoms with E-state index in [1.54, 1.807) is 39.0 Å². The summed E-state index contributed by atoms with van der Waals surface area (Å²) >= 11 is 0. The van der Waals surface area contributed by atoms with E-state index >= 15 is 0 Å². The van der Waals surface area contributed by atoms with Crippen LogP contribution in [0, 0.1) is 20.8 Å². The number of benzene rings is 2. The van der Waals surface area contributed by atoms with Crippen LogP contribution in [0.2, 0.25) is 0 Å². The molecule has 0 radical (unpaired) electrons. The fourth-order valence-corrected chi connectivity index (χ4v) is 2.76. The van der Waals surface area contributed by atoms with E-state index in [-0.39, 0.29) is 11.3 Å². The SMILES string of the molecule is Cc1cc(N)cc(C)c1-c1c(C)cc(N)cc1C(F)(F)F. The van der Waals surface area contributed by atoms with Crippen LogP contribution in [-0.4, -0.2) is 0 Å². The predicted molar refractivity (Wildman–Crippen MR) is 79.9 cm³/mol. The molecular formula is C16H17F3N2. The van der Waals surface area contributed by atoms with Crippen LogP contribution in [0.25, 0.3) is 11.1 Å². The van der Waals surface area contributed by atoms with Crippen LogP contribution in [-0.2, 0) is 6.18 Å². The maximum atomic E-state index is 13.4. The average Bonchev–Trinajstić information content (AvgIpc) is 2.28. The molecule has 2 aromatic rings. The Morgan fingerprint density at radius 1 is 0.714 bits per heavy atom. The highest BCUT2D eigenvalue weighted by molar-refractivity contribution is 5.80. The molecule has 0 atom stereocenters. The summed E-state index contributed by atoms with van der Waals surface area (Å²) in [4.78, 5) is 0. The van der Waals surface area contributed by atoms with Crippen molar-refractivity contribution >= 4 is 11.4 Å². The molecule has 2 nitrogen and oxygen atoms in total. The fraction of sp³-hybridized carbons (Fsp3) is 0.250. The summed E-state index contributed by atoms with van der Waals surface area (Å²) in [5.41, 5.74) is 13.9. The molecule has 0 bridgehead atoms. The molecule has 4 N–H and O–H groups in total. The molecule has 2 rings (SSSR count). The van der Waals surface area contributed by atoms with Crippen molar-refractivity contribution in [3.63, 3.8) is 0 Å². The van der Waals surface area contributed by atoms with Gasteiger partial charge in [0, 0.05) is 11.4 Å². The Balaban J connectivity index is 2.88. The zero-order valence-corrected chi connectivity index (χ0v) is 12.1. The lowest BCUT2D eigenvalue weighted by molar-refractivity contribution is -0.137. The standard InChI is InChI=1S/C16H17F3N2/c1-8-4-11(20)5-9(2)14(8)15-10(3)6-12(21)7-13(15)16(17,18)19/h4-7H,20-21H2,1-3H3. The molecule has 0 fully saturated rings. The molecule has 0 saturated heterocycles. The third-order valence-electron chi connectivity index (χ3n) is 3.47. The van der Waals surface area contributed by atoms with Gasteiger partial charge in [-0.3, -0.25) is 0 Å². The summed E-state index contributed by atoms with van der Waals surface area (Å²) in [7, 11) is 0. The first-order chi connectivity index (χ1) is 9.61. The summed E-state index contributed by atoms with van der Waals surface area (Å²) in [6.45, 7) is 5.15. The lowest BCUT2D eigenvalue weighted by Crippen LogP contribution is -2.10. The number of rotatable bonds is 1. The van der Waals surface area contributed by atoms with Crippen LogP contribution in [0.15, 0.2) is 24.3 Å². The van der Waals surface area contributed by atoms with Crippen molar-refractivity contribution in [2.24, 2.45) is 0 Å². The van der Waals surface area contributed by atoms with Gasteiger partial charge in [0.15, 0.2) is 0 Å². The maximum absolute atomic E-state index is 13.4. The molecule has 5 heteroatoms. The van der Waals surface area contributed by atoms with Crippen LogP contribution < -0.4 is 11.5 Å². The highest BCUT2D eigenvalue weighted by Crippen LogP contribution is 2.42. The van der Waals surface area contributed by atoms with Gasteiger partial charge in [-0.05, 0) is 72.9 Å². The van der Waals surface area contributed by atoms with Gasteiger partial charge in [-0.2, -0.15) is 13.2 Å². The molecule has 0 unspecified atom stereocenters. The molecule has 0 aliphatic rings. The maximum Gasteiger partial charge on any atom is 0.417 e. The zero-order chi connectivity index (χ0) is 15.9. The van der Waals surface area contributed by atoms with Crippen molar-refractivity contribution in [3.05, 3.63) is 46.5 Å². The van der Waals surface area contributed by atoms with Gasteiger partial charge in [-0.15, -0.1) is 0 Å². The minimum Gasteiger partial charge on any atom is -0.399 e. The van der Waals surface area contributed by atoms with Crippen molar-refractivity contribution in [3.8, 4) is 11.1 Å². The number of anilines is 2. The van der Waals surface area contributed by atoms with E-state index in [1.165, 1.54) is 0 Å². The van der Waals surface area contributed by atoms with E-state index < -0.39 is 11.7 Å². The highest BCUT2D eigenvalue weighted by atomic mass is 19.4. The van der Waals surface area contributed by atoms with Gasteiger partial charge in [-0.1, -0.05) is 0 Å². The highest BCUT2D eigenvalue weighted by Gasteiger charge is 2.35. The third kappa shape index (κ3) is 2.82. The van der Waals surface area contributed by atoms with Gasteiger partial charge in [0.2, 0.25) is 0 Å². The summed E-state index contributed by atoms with van der Waals surface area (Å²) in [5.74, 6) is 0. The Kier molecular flexibility index (Phi) is 3.61. The Morgan fingerprint density at radius 3 is 1.52 bits per heavy atom. The number of aryl methyl sites for hydroxylation is 3. The van der Waals surface area contributed by atoms with Crippen molar-refractivity contribution in [2.75, 3.05) is 11.5 Å². The van der Waals surface area contributed by atoms with E-state index in [0.29, 0.717) is 27.9 Å². The molecule has 0 aliphatic carbocycles. The lowest BCUT2D eigenvalue weighted by atomic mass is 9.88. The van der Waals surface area contributed by atoms with Crippen molar-refractivity contribution in [2.45, 2.75) is 26.9 Å². The van der Waals surface area contributed by atoms with E-state index in [2.05, 4.69) is 0 Å². The number of hydrogen-bond donors (Lipinski definition) is 2. The Labute approximate surface area is 121 Å². The summed E-state index contributed by atoms with van der Waals surface area (Å²) in [6, 6.07) is 5.90. The van der Waals surface area contributed by atoms with Gasteiger partial charge in [0.1, 0.15) is 0 Å². The van der Waals surface area contributed by atoms with E-state index in [4.69, 9.17) is 11.5 Å². The molecule has 112 valence electrons. The second-order valence-electron chi connectivity index (χ2n) is 5.29. The van der Waals surface area contributed by atoms with Gasteiger partial charge in [0.05, 0.1) is 5.56 Å². The van der Waals surface area contributed by atoms with Crippen LogP contribution in [0.3, 0.4) is 0 Å². The molecule has 0 aliphatic heterocycles. The van der Waals surface area contributed by atoms with Gasteiger partial charge in [-0.25, -0.2) is 0 Å². The second kappa shape index (κ2) is 4.98. The van der Waals surface area contributed by atoms with E-state index in [0.717, 1.165) is 6.07 Å². The fourth-order valence-electron chi connectivity index (χ4n) is 2.76. The summed E-state index contributed by atoms with van der Waals surface area (Å²) in [5, 5.41) is 0. The Morgan fingerprint density at radius 2 is 1.10 bits per heavy atom. The quantitative estimate of drug-likeness (QED) is 0.763. The van der Waals surface area contributed by atoms with E-state index in [9.17, 15) is 13.2 Å². The first-order valence-corrected chi connectivity index (χ1v) is 6.45. The molecular weight excluding hydrogens is 277 g/mol. The van der Waals surface area contributed by atoms with Crippen LogP contribution in [0.5, 0.6) is 0 Å². The van der Waals surface area contributed by atoms with Gasteiger partial charge in [0.25, 0.3) is 0 Å². The molecule has 0 amide bonds. The largest absolute Gasteiger partial charge is 0.417 e. The van der Waals surface area contributed by atoms with Crippen LogP contribution in [0.1, 0.15) is 22.3 Å². The van der Waals surface area contributed by atoms with Crippen LogP contribution in [0.4, 0.5) is 24.5 Å². The molecule has 2 aromatic carbocycles. The first-order valence-electron chi connectivity index (χ1n) is 6.45. The predicted octanol–water partition coefficient (Wildman–Crippen LogP) is 4.46. The summed E-state index contributed by atoms with van der Waals surface area (Å²) in [6.07, 6.45) is -4.46. The molecule has 0 aromatic heterocycles. The normalized spacial score (nSPS) is 11.7. The second-order valence-corrected chi connectivity index (χ2v) is 5.29. The smallest absolute Gasteiger partial charge is 0.399 e. The minimum atomic E-state index is -4.46. The monoisotopic (exact) mass is 294 g/mol. The van der Waals surface area contributed by atoms with Gasteiger partial charge < -0.3 is 11.5 Å². The minimum absolute atomic E-state index is 0.106. The lowest BCUT2D eigenvalue weighted by Gasteiger charge is -2.20. The number of nitrogens with two attached hydrogens (primary N) is 2. The van der Waals surface area contributed by atoms with Crippen molar-refractivity contribution in [1.82, 2.24) is 0 Å². The molecule has 0 saturated carbocycles. The number of hydrogen-bond acceptors (Lipinski definition) is 2. The Bertz CT molecular complexity index is 680. The third-order valence-corrected chi connectivity index (χ3v) is 3.47. The number of nitrogen functional groups attached to an aromatic ring is 2. The molecule has 21 heavy (non-hydrogen) atoms. The van der Waals surface area contributed by atoms with E-state index in [1.807, 2.05) is 0 Å². The van der Waals surface area contributed by atoms with Gasteiger partial charge >= 0.3 is 6.18 Å². The zero-order valence-electron chi connectivity index (χ0n) is 12.1. The first kappa shape index (κ1) is 15.2. The Hall–Kier alpha value is -2.17. The summed E-state index contributed by atoms with van der Waals surface area (Å²) < 4.78 is 40.1. The number of halogens is 3. The molecule has 0 spiro atoms. The number of alkyl halides is 3. The topological polar surface area (TPSA) is 52.0 Å².